The summed E-state index contributed by atoms with van der Waals surface area (Å²) in [6.45, 7) is -0.0168. The summed E-state index contributed by atoms with van der Waals surface area (Å²) >= 11 is 6.19. The number of nitrogens with zero attached hydrogens (tertiary/aromatic N) is 4. The maximum atomic E-state index is 13.4. The highest BCUT2D eigenvalue weighted by Crippen LogP contribution is 2.32. The first kappa shape index (κ1) is 27.5. The highest BCUT2D eigenvalue weighted by Gasteiger charge is 2.31. The normalized spacial score (nSPS) is 11.7. The molecule has 0 fully saturated rings. The Hall–Kier alpha value is -5.03. The van der Waals surface area contributed by atoms with Crippen LogP contribution in [0.25, 0.3) is 22.3 Å². The zero-order valence-corrected chi connectivity index (χ0v) is 21.6. The number of hydrogen-bond acceptors (Lipinski definition) is 6. The van der Waals surface area contributed by atoms with E-state index in [0.29, 0.717) is 27.4 Å². The number of benzene rings is 4. The Kier molecular flexibility index (Phi) is 7.54. The van der Waals surface area contributed by atoms with E-state index in [0.717, 1.165) is 16.8 Å². The van der Waals surface area contributed by atoms with Crippen molar-refractivity contribution in [2.45, 2.75) is 12.8 Å². The first-order valence-electron chi connectivity index (χ1n) is 12.0. The third-order valence-corrected chi connectivity index (χ3v) is 6.24. The fourth-order valence-electron chi connectivity index (χ4n) is 4.04. The summed E-state index contributed by atoms with van der Waals surface area (Å²) < 4.78 is 47.1. The van der Waals surface area contributed by atoms with Gasteiger partial charge < -0.3 is 4.74 Å². The summed E-state index contributed by atoms with van der Waals surface area (Å²) in [6, 6.07) is 21.5. The molecule has 0 aliphatic rings. The molecule has 5 rings (SSSR count). The van der Waals surface area contributed by atoms with Crippen molar-refractivity contribution in [3.05, 3.63) is 133 Å². The van der Waals surface area contributed by atoms with Crippen LogP contribution in [0.1, 0.15) is 16.7 Å². The minimum Gasteiger partial charge on any atom is -0.488 e. The van der Waals surface area contributed by atoms with Crippen molar-refractivity contribution in [3.63, 3.8) is 0 Å². The van der Waals surface area contributed by atoms with Gasteiger partial charge in [0.1, 0.15) is 12.4 Å². The van der Waals surface area contributed by atoms with Gasteiger partial charge in [-0.05, 0) is 48.0 Å². The Morgan fingerprint density at radius 1 is 1.00 bits per heavy atom. The van der Waals surface area contributed by atoms with Crippen LogP contribution in [0, 0.1) is 10.1 Å². The summed E-state index contributed by atoms with van der Waals surface area (Å²) in [5.41, 5.74) is -0.376. The molecule has 206 valence electrons. The van der Waals surface area contributed by atoms with Crippen molar-refractivity contribution >= 4 is 34.4 Å². The molecule has 12 heteroatoms. The van der Waals surface area contributed by atoms with E-state index in [1.165, 1.54) is 42.6 Å². The number of nitro groups is 1. The van der Waals surface area contributed by atoms with Crippen molar-refractivity contribution in [1.82, 2.24) is 9.66 Å². The number of nitro benzene ring substituents is 1. The topological polar surface area (TPSA) is 99.6 Å². The van der Waals surface area contributed by atoms with Gasteiger partial charge in [-0.1, -0.05) is 48.0 Å². The number of hydrogen-bond donors (Lipinski definition) is 0. The lowest BCUT2D eigenvalue weighted by Crippen LogP contribution is -2.20. The van der Waals surface area contributed by atoms with Gasteiger partial charge in [0.15, 0.2) is 5.82 Å². The van der Waals surface area contributed by atoms with Crippen molar-refractivity contribution < 1.29 is 22.8 Å². The van der Waals surface area contributed by atoms with E-state index in [9.17, 15) is 28.1 Å². The number of non-ortho nitro benzene ring substituents is 1. The number of halogens is 4. The van der Waals surface area contributed by atoms with Gasteiger partial charge >= 0.3 is 6.18 Å². The van der Waals surface area contributed by atoms with Crippen LogP contribution in [0.2, 0.25) is 5.02 Å². The molecule has 0 N–H and O–H groups in total. The SMILES string of the molecule is O=c1c2ccccc2nc(-c2cccc(C(F)(F)F)c2)n1N=Cc1cc(Cl)ccc1OCc1cccc([N+](=O)[O-])c1. The lowest BCUT2D eigenvalue weighted by atomic mass is 10.1. The quantitative estimate of drug-likeness (QED) is 0.116. The molecule has 5 aromatic rings. The molecule has 0 amide bonds. The maximum Gasteiger partial charge on any atom is 0.416 e. The average Bonchev–Trinajstić information content (AvgIpc) is 2.96. The van der Waals surface area contributed by atoms with Crippen LogP contribution in [-0.4, -0.2) is 20.8 Å². The predicted octanol–water partition coefficient (Wildman–Crippen LogP) is 7.11. The smallest absolute Gasteiger partial charge is 0.416 e. The molecule has 0 aliphatic heterocycles. The molecule has 1 aromatic heterocycles. The molecule has 41 heavy (non-hydrogen) atoms. The van der Waals surface area contributed by atoms with Crippen LogP contribution in [-0.2, 0) is 12.8 Å². The van der Waals surface area contributed by atoms with Gasteiger partial charge in [-0.15, -0.1) is 0 Å². The van der Waals surface area contributed by atoms with Crippen LogP contribution in [0.5, 0.6) is 5.75 Å². The fraction of sp³-hybridized carbons (Fsp3) is 0.0690. The molecule has 0 unspecified atom stereocenters. The average molecular weight is 579 g/mol. The van der Waals surface area contributed by atoms with E-state index in [1.54, 1.807) is 42.5 Å². The molecule has 0 saturated heterocycles. The number of aromatic nitrogens is 2. The predicted molar refractivity (Wildman–Crippen MR) is 148 cm³/mol. The fourth-order valence-corrected chi connectivity index (χ4v) is 4.23. The number of fused-ring (bicyclic) bond motifs is 1. The summed E-state index contributed by atoms with van der Waals surface area (Å²) in [7, 11) is 0. The molecule has 0 atom stereocenters. The van der Waals surface area contributed by atoms with Crippen LogP contribution in [0.15, 0.2) is 101 Å². The summed E-state index contributed by atoms with van der Waals surface area (Å²) in [5, 5.41) is 15.9. The second-order valence-corrected chi connectivity index (χ2v) is 9.23. The molecule has 0 aliphatic carbocycles. The van der Waals surface area contributed by atoms with Gasteiger partial charge in [0.2, 0.25) is 0 Å². The molecular weight excluding hydrogens is 561 g/mol. The Bertz CT molecular complexity index is 1870. The molecular formula is C29H18ClF3N4O4. The minimum atomic E-state index is -4.60. The Morgan fingerprint density at radius 3 is 2.56 bits per heavy atom. The summed E-state index contributed by atoms with van der Waals surface area (Å²) in [6.07, 6.45) is -3.32. The van der Waals surface area contributed by atoms with Crippen LogP contribution in [0.3, 0.4) is 0 Å². The van der Waals surface area contributed by atoms with E-state index in [-0.39, 0.29) is 29.1 Å². The molecule has 0 saturated carbocycles. The second kappa shape index (κ2) is 11.2. The zero-order valence-electron chi connectivity index (χ0n) is 20.9. The molecule has 8 nitrogen and oxygen atoms in total. The van der Waals surface area contributed by atoms with Crippen molar-refractivity contribution in [2.75, 3.05) is 0 Å². The van der Waals surface area contributed by atoms with E-state index in [1.807, 2.05) is 0 Å². The first-order chi connectivity index (χ1) is 19.6. The Labute approximate surface area is 235 Å². The van der Waals surface area contributed by atoms with Crippen LogP contribution in [0.4, 0.5) is 18.9 Å². The highest BCUT2D eigenvalue weighted by molar-refractivity contribution is 6.30. The van der Waals surface area contributed by atoms with E-state index >= 15 is 0 Å². The maximum absolute atomic E-state index is 13.4. The number of para-hydroxylation sites is 1. The minimum absolute atomic E-state index is 0.0168. The zero-order chi connectivity index (χ0) is 29.1. The lowest BCUT2D eigenvalue weighted by Gasteiger charge is -2.13. The van der Waals surface area contributed by atoms with Gasteiger partial charge in [-0.3, -0.25) is 14.9 Å². The molecule has 0 bridgehead atoms. The third-order valence-electron chi connectivity index (χ3n) is 6.00. The van der Waals surface area contributed by atoms with Crippen molar-refractivity contribution in [2.24, 2.45) is 5.10 Å². The first-order valence-corrected chi connectivity index (χ1v) is 12.4. The van der Waals surface area contributed by atoms with E-state index in [2.05, 4.69) is 10.1 Å². The number of alkyl halides is 3. The Morgan fingerprint density at radius 2 is 1.78 bits per heavy atom. The van der Waals surface area contributed by atoms with Crippen LogP contribution >= 0.6 is 11.6 Å². The molecule has 0 spiro atoms. The van der Waals surface area contributed by atoms with Gasteiger partial charge in [0.05, 0.1) is 27.6 Å². The van der Waals surface area contributed by atoms with Gasteiger partial charge in [0, 0.05) is 28.3 Å². The van der Waals surface area contributed by atoms with E-state index < -0.39 is 22.2 Å². The second-order valence-electron chi connectivity index (χ2n) is 8.79. The largest absolute Gasteiger partial charge is 0.488 e. The van der Waals surface area contributed by atoms with Crippen LogP contribution < -0.4 is 10.3 Å². The van der Waals surface area contributed by atoms with Gasteiger partial charge in [-0.2, -0.15) is 22.9 Å². The summed E-state index contributed by atoms with van der Waals surface area (Å²) in [5.74, 6) is 0.198. The molecule has 0 radical (unpaired) electrons. The highest BCUT2D eigenvalue weighted by atomic mass is 35.5. The summed E-state index contributed by atoms with van der Waals surface area (Å²) in [4.78, 5) is 28.5. The number of ether oxygens (including phenoxy) is 1. The third kappa shape index (κ3) is 6.10. The van der Waals surface area contributed by atoms with Crippen molar-refractivity contribution in [3.8, 4) is 17.1 Å². The Balaban J connectivity index is 1.57. The molecule has 4 aromatic carbocycles. The number of rotatable bonds is 7. The van der Waals surface area contributed by atoms with Crippen molar-refractivity contribution in [1.29, 1.82) is 0 Å². The lowest BCUT2D eigenvalue weighted by molar-refractivity contribution is -0.384. The van der Waals surface area contributed by atoms with Gasteiger partial charge in [0.25, 0.3) is 11.2 Å². The monoisotopic (exact) mass is 578 g/mol. The van der Waals surface area contributed by atoms with Gasteiger partial charge in [-0.25, -0.2) is 4.98 Å². The standard InChI is InChI=1S/C29H18ClF3N4O4/c30-22-11-12-26(41-17-18-5-3-8-23(13-18)37(39)40)20(15-22)16-34-36-27(19-6-4-7-21(14-19)29(31,32)33)35-25-10-2-1-9-24(25)28(36)38/h1-16H,17H2. The molecule has 1 heterocycles. The van der Waals surface area contributed by atoms with E-state index in [4.69, 9.17) is 16.3 Å².